The first-order chi connectivity index (χ1) is 8.74. The Bertz CT molecular complexity index is 581. The van der Waals surface area contributed by atoms with E-state index in [0.29, 0.717) is 23.1 Å². The minimum atomic E-state index is 0.0103. The molecule has 5 nitrogen and oxygen atoms in total. The van der Waals surface area contributed by atoms with Crippen LogP contribution in [0.4, 0.5) is 5.13 Å². The highest BCUT2D eigenvalue weighted by Crippen LogP contribution is 2.26. The van der Waals surface area contributed by atoms with Gasteiger partial charge in [0.2, 0.25) is 0 Å². The SMILES string of the molecule is Nc1nc2c(s1)C(=O)N(Cc1ccccn1)CC2. The van der Waals surface area contributed by atoms with Gasteiger partial charge in [-0.2, -0.15) is 0 Å². The van der Waals surface area contributed by atoms with E-state index in [2.05, 4.69) is 9.97 Å². The highest BCUT2D eigenvalue weighted by molar-refractivity contribution is 7.17. The zero-order valence-corrected chi connectivity index (χ0v) is 10.5. The maximum absolute atomic E-state index is 12.2. The zero-order valence-electron chi connectivity index (χ0n) is 9.67. The van der Waals surface area contributed by atoms with Gasteiger partial charge in [0.1, 0.15) is 4.88 Å². The van der Waals surface area contributed by atoms with E-state index in [9.17, 15) is 4.79 Å². The summed E-state index contributed by atoms with van der Waals surface area (Å²) < 4.78 is 0. The van der Waals surface area contributed by atoms with Gasteiger partial charge >= 0.3 is 0 Å². The van der Waals surface area contributed by atoms with Crippen LogP contribution >= 0.6 is 11.3 Å². The van der Waals surface area contributed by atoms with Crippen molar-refractivity contribution in [2.24, 2.45) is 0 Å². The van der Waals surface area contributed by atoms with E-state index in [1.807, 2.05) is 18.2 Å². The fourth-order valence-electron chi connectivity index (χ4n) is 2.03. The quantitative estimate of drug-likeness (QED) is 0.884. The number of nitrogen functional groups attached to an aromatic ring is 1. The maximum Gasteiger partial charge on any atom is 0.266 e. The van der Waals surface area contributed by atoms with E-state index < -0.39 is 0 Å². The normalized spacial score (nSPS) is 14.7. The van der Waals surface area contributed by atoms with Gasteiger partial charge in [-0.1, -0.05) is 17.4 Å². The number of thiazole rings is 1. The summed E-state index contributed by atoms with van der Waals surface area (Å²) in [6.07, 6.45) is 2.50. The zero-order chi connectivity index (χ0) is 12.5. The average Bonchev–Trinajstić information content (AvgIpc) is 2.76. The smallest absolute Gasteiger partial charge is 0.266 e. The van der Waals surface area contributed by atoms with Gasteiger partial charge in [-0.25, -0.2) is 4.98 Å². The van der Waals surface area contributed by atoms with Crippen LogP contribution in [0.15, 0.2) is 24.4 Å². The number of nitrogens with zero attached hydrogens (tertiary/aromatic N) is 3. The Hall–Kier alpha value is -1.95. The van der Waals surface area contributed by atoms with Gasteiger partial charge in [-0.05, 0) is 12.1 Å². The first kappa shape index (κ1) is 11.2. The fraction of sp³-hybridized carbons (Fsp3) is 0.250. The van der Waals surface area contributed by atoms with Gasteiger partial charge in [0.25, 0.3) is 5.91 Å². The van der Waals surface area contributed by atoms with E-state index in [0.717, 1.165) is 17.8 Å². The molecule has 0 spiro atoms. The van der Waals surface area contributed by atoms with Crippen molar-refractivity contribution >= 4 is 22.4 Å². The molecule has 0 fully saturated rings. The number of carbonyl (C=O) groups excluding carboxylic acids is 1. The highest BCUT2D eigenvalue weighted by Gasteiger charge is 2.27. The summed E-state index contributed by atoms with van der Waals surface area (Å²) in [5, 5.41) is 0.466. The van der Waals surface area contributed by atoms with Crippen LogP contribution in [0.3, 0.4) is 0 Å². The summed E-state index contributed by atoms with van der Waals surface area (Å²) in [6, 6.07) is 5.71. The third-order valence-corrected chi connectivity index (χ3v) is 3.81. The first-order valence-corrected chi connectivity index (χ1v) is 6.50. The number of carbonyl (C=O) groups is 1. The summed E-state index contributed by atoms with van der Waals surface area (Å²) in [5.74, 6) is 0.0103. The van der Waals surface area contributed by atoms with Crippen LogP contribution in [-0.2, 0) is 13.0 Å². The molecule has 92 valence electrons. The van der Waals surface area contributed by atoms with E-state index in [1.54, 1.807) is 11.1 Å². The molecule has 0 aromatic carbocycles. The molecule has 0 unspecified atom stereocenters. The Labute approximate surface area is 108 Å². The number of pyridine rings is 1. The van der Waals surface area contributed by atoms with Crippen molar-refractivity contribution in [1.29, 1.82) is 0 Å². The molecular formula is C12H12N4OS. The lowest BCUT2D eigenvalue weighted by Gasteiger charge is -2.25. The van der Waals surface area contributed by atoms with Gasteiger partial charge < -0.3 is 10.6 Å². The maximum atomic E-state index is 12.2. The molecule has 1 aliphatic heterocycles. The lowest BCUT2D eigenvalue weighted by Crippen LogP contribution is -2.36. The second-order valence-corrected chi connectivity index (χ2v) is 5.16. The summed E-state index contributed by atoms with van der Waals surface area (Å²) >= 11 is 1.27. The lowest BCUT2D eigenvalue weighted by atomic mass is 10.1. The molecule has 3 rings (SSSR count). The van der Waals surface area contributed by atoms with E-state index in [4.69, 9.17) is 5.73 Å². The molecule has 3 heterocycles. The van der Waals surface area contributed by atoms with Crippen molar-refractivity contribution in [2.45, 2.75) is 13.0 Å². The van der Waals surface area contributed by atoms with Gasteiger partial charge in [0, 0.05) is 19.2 Å². The Morgan fingerprint density at radius 2 is 2.33 bits per heavy atom. The number of anilines is 1. The van der Waals surface area contributed by atoms with Gasteiger partial charge in [-0.3, -0.25) is 9.78 Å². The van der Waals surface area contributed by atoms with Crippen LogP contribution in [0, 0.1) is 0 Å². The van der Waals surface area contributed by atoms with Crippen LogP contribution in [0.5, 0.6) is 0 Å². The molecule has 0 saturated carbocycles. The molecule has 18 heavy (non-hydrogen) atoms. The summed E-state index contributed by atoms with van der Waals surface area (Å²) in [5.41, 5.74) is 7.37. The molecule has 1 aliphatic rings. The lowest BCUT2D eigenvalue weighted by molar-refractivity contribution is 0.0729. The fourth-order valence-corrected chi connectivity index (χ4v) is 2.88. The van der Waals surface area contributed by atoms with E-state index in [-0.39, 0.29) is 5.91 Å². The van der Waals surface area contributed by atoms with Gasteiger partial charge in [-0.15, -0.1) is 0 Å². The van der Waals surface area contributed by atoms with Crippen LogP contribution in [0.1, 0.15) is 21.1 Å². The molecule has 0 aliphatic carbocycles. The van der Waals surface area contributed by atoms with Crippen molar-refractivity contribution in [1.82, 2.24) is 14.9 Å². The number of aromatic nitrogens is 2. The van der Waals surface area contributed by atoms with E-state index in [1.165, 1.54) is 11.3 Å². The summed E-state index contributed by atoms with van der Waals surface area (Å²) in [7, 11) is 0. The number of nitrogens with two attached hydrogens (primary N) is 1. The van der Waals surface area contributed by atoms with Crippen molar-refractivity contribution in [3.05, 3.63) is 40.7 Å². The largest absolute Gasteiger partial charge is 0.375 e. The predicted molar refractivity (Wildman–Crippen MR) is 69.2 cm³/mol. The molecule has 0 bridgehead atoms. The van der Waals surface area contributed by atoms with Crippen molar-refractivity contribution < 1.29 is 4.79 Å². The Morgan fingerprint density at radius 1 is 1.44 bits per heavy atom. The van der Waals surface area contributed by atoms with Crippen molar-refractivity contribution in [3.8, 4) is 0 Å². The van der Waals surface area contributed by atoms with Crippen LogP contribution in [0.25, 0.3) is 0 Å². The first-order valence-electron chi connectivity index (χ1n) is 5.68. The number of fused-ring (bicyclic) bond motifs is 1. The van der Waals surface area contributed by atoms with Crippen LogP contribution < -0.4 is 5.73 Å². The minimum absolute atomic E-state index is 0.0103. The monoisotopic (exact) mass is 260 g/mol. The van der Waals surface area contributed by atoms with Gasteiger partial charge in [0.05, 0.1) is 17.9 Å². The standard InChI is InChI=1S/C12H12N4OS/c13-12-15-9-4-6-16(11(17)10(9)18-12)7-8-3-1-2-5-14-8/h1-3,5H,4,6-7H2,(H2,13,15). The number of hydrogen-bond acceptors (Lipinski definition) is 5. The Balaban J connectivity index is 1.82. The van der Waals surface area contributed by atoms with E-state index >= 15 is 0 Å². The summed E-state index contributed by atoms with van der Waals surface area (Å²) in [4.78, 5) is 23.1. The average molecular weight is 260 g/mol. The Kier molecular flexibility index (Phi) is 2.71. The molecular weight excluding hydrogens is 248 g/mol. The van der Waals surface area contributed by atoms with Crippen molar-refractivity contribution in [2.75, 3.05) is 12.3 Å². The molecule has 2 N–H and O–H groups in total. The topological polar surface area (TPSA) is 72.1 Å². The second-order valence-electron chi connectivity index (χ2n) is 4.13. The minimum Gasteiger partial charge on any atom is -0.375 e. The van der Waals surface area contributed by atoms with Crippen molar-refractivity contribution in [3.63, 3.8) is 0 Å². The summed E-state index contributed by atoms with van der Waals surface area (Å²) in [6.45, 7) is 1.21. The number of hydrogen-bond donors (Lipinski definition) is 1. The second kappa shape index (κ2) is 4.38. The predicted octanol–water partition coefficient (Wildman–Crippen LogP) is 1.32. The number of rotatable bonds is 2. The molecule has 2 aromatic rings. The third-order valence-electron chi connectivity index (χ3n) is 2.89. The van der Waals surface area contributed by atoms with Crippen LogP contribution in [-0.4, -0.2) is 27.3 Å². The molecule has 0 atom stereocenters. The molecule has 2 aromatic heterocycles. The highest BCUT2D eigenvalue weighted by atomic mass is 32.1. The molecule has 1 amide bonds. The molecule has 0 radical (unpaired) electrons. The molecule has 6 heteroatoms. The third kappa shape index (κ3) is 1.95. The number of amides is 1. The van der Waals surface area contributed by atoms with Crippen LogP contribution in [0.2, 0.25) is 0 Å². The molecule has 0 saturated heterocycles. The van der Waals surface area contributed by atoms with Gasteiger partial charge in [0.15, 0.2) is 5.13 Å². The Morgan fingerprint density at radius 3 is 3.11 bits per heavy atom.